The molecular formula is C16H12F2N2O. The molecule has 0 aliphatic carbocycles. The Bertz CT molecular complexity index is 736. The zero-order valence-electron chi connectivity index (χ0n) is 11.3. The van der Waals surface area contributed by atoms with E-state index in [0.29, 0.717) is 17.9 Å². The molecule has 0 spiro atoms. The van der Waals surface area contributed by atoms with Gasteiger partial charge in [-0.15, -0.1) is 0 Å². The van der Waals surface area contributed by atoms with Crippen LogP contribution in [0.3, 0.4) is 0 Å². The van der Waals surface area contributed by atoms with Crippen molar-refractivity contribution in [1.29, 1.82) is 0 Å². The van der Waals surface area contributed by atoms with Gasteiger partial charge < -0.3 is 4.74 Å². The van der Waals surface area contributed by atoms with Gasteiger partial charge in [0, 0.05) is 5.56 Å². The van der Waals surface area contributed by atoms with Crippen LogP contribution in [0.5, 0.6) is 5.75 Å². The first kappa shape index (κ1) is 13.4. The molecule has 0 saturated carbocycles. The molecule has 0 N–H and O–H groups in total. The Morgan fingerprint density at radius 2 is 1.71 bits per heavy atom. The van der Waals surface area contributed by atoms with Gasteiger partial charge >= 0.3 is 0 Å². The van der Waals surface area contributed by atoms with Crippen LogP contribution in [0.2, 0.25) is 0 Å². The standard InChI is InChI=1S/C16H12F2N2O/c1-21-15-8-11(4-7-13(15)18)16-19-9-14(20-16)10-2-5-12(17)6-3-10/h2-8H,9H2,1H3. The molecule has 0 aromatic heterocycles. The van der Waals surface area contributed by atoms with Gasteiger partial charge in [0.1, 0.15) is 5.82 Å². The van der Waals surface area contributed by atoms with Crippen molar-refractivity contribution >= 4 is 11.5 Å². The fourth-order valence-corrected chi connectivity index (χ4v) is 2.10. The molecule has 0 radical (unpaired) electrons. The van der Waals surface area contributed by atoms with E-state index in [4.69, 9.17) is 4.74 Å². The van der Waals surface area contributed by atoms with E-state index < -0.39 is 5.82 Å². The highest BCUT2D eigenvalue weighted by atomic mass is 19.1. The first-order valence-electron chi connectivity index (χ1n) is 6.39. The molecule has 1 aliphatic heterocycles. The number of hydrogen-bond acceptors (Lipinski definition) is 3. The number of hydrogen-bond donors (Lipinski definition) is 0. The number of benzene rings is 2. The van der Waals surface area contributed by atoms with E-state index in [9.17, 15) is 8.78 Å². The quantitative estimate of drug-likeness (QED) is 0.853. The average Bonchev–Trinajstić information content (AvgIpc) is 2.98. The Labute approximate surface area is 120 Å². The Morgan fingerprint density at radius 3 is 2.43 bits per heavy atom. The first-order valence-corrected chi connectivity index (χ1v) is 6.39. The summed E-state index contributed by atoms with van der Waals surface area (Å²) in [4.78, 5) is 8.76. The Kier molecular flexibility index (Phi) is 3.48. The molecule has 0 amide bonds. The highest BCUT2D eigenvalue weighted by Crippen LogP contribution is 2.21. The molecule has 2 aromatic carbocycles. The van der Waals surface area contributed by atoms with Gasteiger partial charge in [-0.25, -0.2) is 13.8 Å². The number of methoxy groups -OCH3 is 1. The first-order chi connectivity index (χ1) is 10.2. The minimum absolute atomic E-state index is 0.153. The third-order valence-electron chi connectivity index (χ3n) is 3.21. The van der Waals surface area contributed by atoms with Crippen LogP contribution >= 0.6 is 0 Å². The Balaban J connectivity index is 1.89. The van der Waals surface area contributed by atoms with Gasteiger partial charge in [-0.3, -0.25) is 4.99 Å². The summed E-state index contributed by atoms with van der Waals surface area (Å²) in [5.74, 6) is -0.0439. The van der Waals surface area contributed by atoms with Gasteiger partial charge in [-0.05, 0) is 35.9 Å². The van der Waals surface area contributed by atoms with Crippen LogP contribution in [0.4, 0.5) is 8.78 Å². The zero-order chi connectivity index (χ0) is 14.8. The van der Waals surface area contributed by atoms with E-state index in [2.05, 4.69) is 9.98 Å². The third kappa shape index (κ3) is 2.67. The smallest absolute Gasteiger partial charge is 0.165 e. The summed E-state index contributed by atoms with van der Waals surface area (Å²) in [5.41, 5.74) is 2.27. The van der Waals surface area contributed by atoms with Crippen molar-refractivity contribution in [2.75, 3.05) is 13.7 Å². The molecule has 0 bridgehead atoms. The van der Waals surface area contributed by atoms with Crippen LogP contribution in [0, 0.1) is 11.6 Å². The maximum Gasteiger partial charge on any atom is 0.165 e. The molecule has 1 aliphatic rings. The summed E-state index contributed by atoms with van der Waals surface area (Å²) in [7, 11) is 1.41. The monoisotopic (exact) mass is 286 g/mol. The summed E-state index contributed by atoms with van der Waals surface area (Å²) < 4.78 is 31.3. The lowest BCUT2D eigenvalue weighted by Gasteiger charge is -2.04. The second kappa shape index (κ2) is 5.44. The molecule has 0 saturated heterocycles. The second-order valence-electron chi connectivity index (χ2n) is 4.55. The Hall–Kier alpha value is -2.56. The predicted octanol–water partition coefficient (Wildman–Crippen LogP) is 3.22. The van der Waals surface area contributed by atoms with E-state index in [1.165, 1.54) is 25.3 Å². The number of ether oxygens (including phenoxy) is 1. The molecule has 5 heteroatoms. The van der Waals surface area contributed by atoms with Crippen LogP contribution in [0.25, 0.3) is 0 Å². The zero-order valence-corrected chi connectivity index (χ0v) is 11.3. The number of amidine groups is 1. The normalized spacial score (nSPS) is 13.9. The summed E-state index contributed by atoms with van der Waals surface area (Å²) in [5, 5.41) is 0. The number of rotatable bonds is 3. The molecule has 3 nitrogen and oxygen atoms in total. The van der Waals surface area contributed by atoms with Gasteiger partial charge in [-0.2, -0.15) is 0 Å². The van der Waals surface area contributed by atoms with Crippen molar-refractivity contribution in [3.63, 3.8) is 0 Å². The lowest BCUT2D eigenvalue weighted by molar-refractivity contribution is 0.386. The van der Waals surface area contributed by atoms with Crippen molar-refractivity contribution in [3.8, 4) is 5.75 Å². The molecule has 2 aromatic rings. The number of halogens is 2. The lowest BCUT2D eigenvalue weighted by atomic mass is 10.1. The predicted molar refractivity (Wildman–Crippen MR) is 77.3 cm³/mol. The molecule has 0 atom stereocenters. The van der Waals surface area contributed by atoms with Crippen molar-refractivity contribution in [3.05, 3.63) is 65.2 Å². The summed E-state index contributed by atoms with van der Waals surface area (Å²) in [6, 6.07) is 10.6. The van der Waals surface area contributed by atoms with Crippen LogP contribution in [0.1, 0.15) is 11.1 Å². The molecule has 106 valence electrons. The van der Waals surface area contributed by atoms with Gasteiger partial charge in [0.25, 0.3) is 0 Å². The van der Waals surface area contributed by atoms with Crippen LogP contribution in [0.15, 0.2) is 52.4 Å². The SMILES string of the molecule is COc1cc(C2=NCC(c3ccc(F)cc3)=N2)ccc1F. The van der Waals surface area contributed by atoms with Crippen molar-refractivity contribution < 1.29 is 13.5 Å². The van der Waals surface area contributed by atoms with Crippen molar-refractivity contribution in [1.82, 2.24) is 0 Å². The van der Waals surface area contributed by atoms with Gasteiger partial charge in [0.05, 0.1) is 19.4 Å². The highest BCUT2D eigenvalue weighted by molar-refractivity contribution is 6.17. The van der Waals surface area contributed by atoms with E-state index in [0.717, 1.165) is 11.3 Å². The second-order valence-corrected chi connectivity index (χ2v) is 4.55. The summed E-state index contributed by atoms with van der Waals surface area (Å²) >= 11 is 0. The Morgan fingerprint density at radius 1 is 1.00 bits per heavy atom. The van der Waals surface area contributed by atoms with Crippen LogP contribution in [-0.4, -0.2) is 25.2 Å². The van der Waals surface area contributed by atoms with Crippen molar-refractivity contribution in [2.24, 2.45) is 9.98 Å². The molecule has 0 fully saturated rings. The molecule has 1 heterocycles. The minimum Gasteiger partial charge on any atom is -0.494 e. The summed E-state index contributed by atoms with van der Waals surface area (Å²) in [6.45, 7) is 0.417. The molecule has 3 rings (SSSR count). The number of aliphatic imine (C=N–C) groups is 2. The van der Waals surface area contributed by atoms with Crippen LogP contribution in [-0.2, 0) is 0 Å². The van der Waals surface area contributed by atoms with Gasteiger partial charge in [-0.1, -0.05) is 12.1 Å². The maximum atomic E-state index is 13.4. The van der Waals surface area contributed by atoms with Crippen molar-refractivity contribution in [2.45, 2.75) is 0 Å². The minimum atomic E-state index is -0.428. The third-order valence-corrected chi connectivity index (χ3v) is 3.21. The largest absolute Gasteiger partial charge is 0.494 e. The fourth-order valence-electron chi connectivity index (χ4n) is 2.10. The van der Waals surface area contributed by atoms with Gasteiger partial charge in [0.2, 0.25) is 0 Å². The molecule has 0 unspecified atom stereocenters. The molecular weight excluding hydrogens is 274 g/mol. The maximum absolute atomic E-state index is 13.4. The van der Waals surface area contributed by atoms with Crippen LogP contribution < -0.4 is 4.74 Å². The van der Waals surface area contributed by atoms with E-state index >= 15 is 0 Å². The van der Waals surface area contributed by atoms with E-state index in [1.807, 2.05) is 0 Å². The average molecular weight is 286 g/mol. The lowest BCUT2D eigenvalue weighted by Crippen LogP contribution is -2.01. The fraction of sp³-hybridized carbons (Fsp3) is 0.125. The topological polar surface area (TPSA) is 34.0 Å². The summed E-state index contributed by atoms with van der Waals surface area (Å²) in [6.07, 6.45) is 0. The molecule has 21 heavy (non-hydrogen) atoms. The number of nitrogens with zero attached hydrogens (tertiary/aromatic N) is 2. The van der Waals surface area contributed by atoms with E-state index in [-0.39, 0.29) is 11.6 Å². The van der Waals surface area contributed by atoms with E-state index in [1.54, 1.807) is 24.3 Å². The van der Waals surface area contributed by atoms with Gasteiger partial charge in [0.15, 0.2) is 17.4 Å². The highest BCUT2D eigenvalue weighted by Gasteiger charge is 2.15.